The summed E-state index contributed by atoms with van der Waals surface area (Å²) in [6, 6.07) is 0. The third-order valence-corrected chi connectivity index (χ3v) is 3.17. The fourth-order valence-corrected chi connectivity index (χ4v) is 1.79. The number of likely N-dealkylation sites (N-methyl/N-ethyl adjacent to an activating group) is 1. The van der Waals surface area contributed by atoms with Crippen LogP contribution < -0.4 is 11.1 Å². The van der Waals surface area contributed by atoms with E-state index in [1.807, 2.05) is 13.8 Å². The summed E-state index contributed by atoms with van der Waals surface area (Å²) in [6.45, 7) is 10.6. The summed E-state index contributed by atoms with van der Waals surface area (Å²) in [5.41, 5.74) is 4.84. The van der Waals surface area contributed by atoms with E-state index >= 15 is 0 Å². The van der Waals surface area contributed by atoms with Gasteiger partial charge < -0.3 is 15.8 Å². The van der Waals surface area contributed by atoms with Crippen molar-refractivity contribution < 1.29 is 9.53 Å². The quantitative estimate of drug-likeness (QED) is 0.558. The first kappa shape index (κ1) is 17.4. The summed E-state index contributed by atoms with van der Waals surface area (Å²) < 4.78 is 5.54. The largest absolute Gasteiger partial charge is 0.381 e. The second-order valence-corrected chi connectivity index (χ2v) is 5.48. The predicted molar refractivity (Wildman–Crippen MR) is 75.4 cm³/mol. The zero-order valence-electron chi connectivity index (χ0n) is 12.4. The first-order valence-corrected chi connectivity index (χ1v) is 7.05. The van der Waals surface area contributed by atoms with Crippen LogP contribution in [0.2, 0.25) is 0 Å². The van der Waals surface area contributed by atoms with E-state index in [4.69, 9.17) is 10.5 Å². The van der Waals surface area contributed by atoms with Crippen LogP contribution in [-0.2, 0) is 9.53 Å². The molecular formula is C14H30N2O2. The second-order valence-electron chi connectivity index (χ2n) is 5.48. The van der Waals surface area contributed by atoms with Crippen molar-refractivity contribution in [1.82, 2.24) is 5.32 Å². The lowest BCUT2D eigenvalue weighted by Crippen LogP contribution is -2.52. The molecule has 0 bridgehead atoms. The molecule has 0 aliphatic carbocycles. The summed E-state index contributed by atoms with van der Waals surface area (Å²) in [6.07, 6.45) is 3.81. The molecule has 4 nitrogen and oxygen atoms in total. The number of ether oxygens (including phenoxy) is 1. The van der Waals surface area contributed by atoms with Gasteiger partial charge in [-0.15, -0.1) is 0 Å². The van der Waals surface area contributed by atoms with Crippen molar-refractivity contribution in [2.24, 2.45) is 11.7 Å². The van der Waals surface area contributed by atoms with Gasteiger partial charge >= 0.3 is 0 Å². The number of nitrogens with two attached hydrogens (primary N) is 1. The smallest absolute Gasteiger partial charge is 0.237 e. The molecular weight excluding hydrogens is 228 g/mol. The lowest BCUT2D eigenvalue weighted by molar-refractivity contribution is -0.124. The van der Waals surface area contributed by atoms with E-state index in [-0.39, 0.29) is 5.91 Å². The molecule has 0 aliphatic rings. The van der Waals surface area contributed by atoms with Crippen molar-refractivity contribution >= 4 is 5.91 Å². The first-order valence-electron chi connectivity index (χ1n) is 7.05. The average Bonchev–Trinajstić information content (AvgIpc) is 2.27. The van der Waals surface area contributed by atoms with E-state index in [2.05, 4.69) is 19.2 Å². The van der Waals surface area contributed by atoms with Crippen LogP contribution in [-0.4, -0.2) is 31.2 Å². The van der Waals surface area contributed by atoms with Crippen LogP contribution in [0.4, 0.5) is 0 Å². The lowest BCUT2D eigenvalue weighted by atomic mass is 9.94. The monoisotopic (exact) mass is 258 g/mol. The number of hydrogen-bond donors (Lipinski definition) is 2. The Hall–Kier alpha value is -0.610. The molecule has 0 spiro atoms. The molecule has 0 saturated carbocycles. The van der Waals surface area contributed by atoms with Gasteiger partial charge in [0.15, 0.2) is 0 Å². The number of primary amides is 1. The minimum absolute atomic E-state index is 0.273. The van der Waals surface area contributed by atoms with Gasteiger partial charge in [-0.25, -0.2) is 0 Å². The maximum atomic E-state index is 11.4. The van der Waals surface area contributed by atoms with Crippen molar-refractivity contribution in [2.45, 2.75) is 58.9 Å². The van der Waals surface area contributed by atoms with Crippen molar-refractivity contribution in [2.75, 3.05) is 19.8 Å². The van der Waals surface area contributed by atoms with E-state index < -0.39 is 5.54 Å². The maximum absolute atomic E-state index is 11.4. The Morgan fingerprint density at radius 2 is 2.00 bits per heavy atom. The Morgan fingerprint density at radius 3 is 2.50 bits per heavy atom. The van der Waals surface area contributed by atoms with Crippen molar-refractivity contribution in [3.05, 3.63) is 0 Å². The predicted octanol–water partition coefficient (Wildman–Crippen LogP) is 2.07. The van der Waals surface area contributed by atoms with Gasteiger partial charge in [0.05, 0.1) is 5.54 Å². The number of carbonyl (C=O) groups is 1. The van der Waals surface area contributed by atoms with Crippen molar-refractivity contribution in [3.63, 3.8) is 0 Å². The summed E-state index contributed by atoms with van der Waals surface area (Å²) in [7, 11) is 0. The molecule has 0 aromatic heterocycles. The fraction of sp³-hybridized carbons (Fsp3) is 0.929. The highest BCUT2D eigenvalue weighted by atomic mass is 16.5. The van der Waals surface area contributed by atoms with Gasteiger partial charge in [-0.1, -0.05) is 20.8 Å². The molecule has 1 unspecified atom stereocenters. The number of unbranched alkanes of at least 4 members (excludes halogenated alkanes) is 1. The van der Waals surface area contributed by atoms with E-state index in [9.17, 15) is 4.79 Å². The second kappa shape index (κ2) is 9.34. The highest BCUT2D eigenvalue weighted by molar-refractivity contribution is 5.84. The molecule has 0 rings (SSSR count). The summed E-state index contributed by atoms with van der Waals surface area (Å²) in [4.78, 5) is 11.4. The molecule has 0 saturated heterocycles. The Balaban J connectivity index is 3.65. The highest BCUT2D eigenvalue weighted by Gasteiger charge is 2.28. The van der Waals surface area contributed by atoms with Gasteiger partial charge in [-0.3, -0.25) is 4.79 Å². The van der Waals surface area contributed by atoms with E-state index in [1.54, 1.807) is 0 Å². The average molecular weight is 258 g/mol. The molecule has 18 heavy (non-hydrogen) atoms. The zero-order chi connectivity index (χ0) is 14.0. The van der Waals surface area contributed by atoms with Crippen LogP contribution in [0.5, 0.6) is 0 Å². The zero-order valence-corrected chi connectivity index (χ0v) is 12.4. The fourth-order valence-electron chi connectivity index (χ4n) is 1.79. The number of amides is 1. The summed E-state index contributed by atoms with van der Waals surface area (Å²) in [5.74, 6) is 0.419. The van der Waals surface area contributed by atoms with E-state index in [0.29, 0.717) is 5.92 Å². The number of rotatable bonds is 11. The molecule has 108 valence electrons. The molecule has 0 aromatic carbocycles. The van der Waals surface area contributed by atoms with Crippen molar-refractivity contribution in [1.29, 1.82) is 0 Å². The standard InChI is InChI=1S/C14H30N2O2/c1-5-16-14(4,13(15)17)9-6-7-10-18-11-8-12(2)3/h12,16H,5-11H2,1-4H3,(H2,15,17). The number of hydrogen-bond acceptors (Lipinski definition) is 3. The van der Waals surface area contributed by atoms with Crippen molar-refractivity contribution in [3.8, 4) is 0 Å². The van der Waals surface area contributed by atoms with Gasteiger partial charge in [0.1, 0.15) is 0 Å². The van der Waals surface area contributed by atoms with Crippen LogP contribution in [0.15, 0.2) is 0 Å². The molecule has 0 heterocycles. The highest BCUT2D eigenvalue weighted by Crippen LogP contribution is 2.13. The molecule has 1 amide bonds. The van der Waals surface area contributed by atoms with Gasteiger partial charge in [-0.2, -0.15) is 0 Å². The van der Waals surface area contributed by atoms with Crippen LogP contribution in [0.3, 0.4) is 0 Å². The SMILES string of the molecule is CCNC(C)(CCCCOCCC(C)C)C(N)=O. The van der Waals surface area contributed by atoms with Gasteiger partial charge in [0.2, 0.25) is 5.91 Å². The molecule has 1 atom stereocenters. The molecule has 4 heteroatoms. The van der Waals surface area contributed by atoms with E-state index in [1.165, 1.54) is 0 Å². The Bertz CT molecular complexity index is 232. The molecule has 3 N–H and O–H groups in total. The van der Waals surface area contributed by atoms with Crippen LogP contribution >= 0.6 is 0 Å². The molecule has 0 fully saturated rings. The maximum Gasteiger partial charge on any atom is 0.237 e. The third-order valence-electron chi connectivity index (χ3n) is 3.17. The molecule has 0 radical (unpaired) electrons. The topological polar surface area (TPSA) is 64.3 Å². The van der Waals surface area contributed by atoms with Gasteiger partial charge in [-0.05, 0) is 45.1 Å². The van der Waals surface area contributed by atoms with Crippen LogP contribution in [0, 0.1) is 5.92 Å². The first-order chi connectivity index (χ1) is 8.42. The molecule has 0 aliphatic heterocycles. The van der Waals surface area contributed by atoms with Crippen LogP contribution in [0.25, 0.3) is 0 Å². The molecule has 0 aromatic rings. The normalized spacial score (nSPS) is 14.7. The lowest BCUT2D eigenvalue weighted by Gasteiger charge is -2.26. The van der Waals surface area contributed by atoms with E-state index in [0.717, 1.165) is 45.4 Å². The Labute approximate surface area is 112 Å². The summed E-state index contributed by atoms with van der Waals surface area (Å²) in [5, 5.41) is 3.16. The van der Waals surface area contributed by atoms with Crippen LogP contribution in [0.1, 0.15) is 53.4 Å². The Morgan fingerprint density at radius 1 is 1.33 bits per heavy atom. The minimum Gasteiger partial charge on any atom is -0.381 e. The number of nitrogens with one attached hydrogen (secondary N) is 1. The number of carbonyl (C=O) groups excluding carboxylic acids is 1. The van der Waals surface area contributed by atoms with Gasteiger partial charge in [0.25, 0.3) is 0 Å². The van der Waals surface area contributed by atoms with Gasteiger partial charge in [0, 0.05) is 13.2 Å². The third kappa shape index (κ3) is 7.67. The minimum atomic E-state index is -0.577. The Kier molecular flexibility index (Phi) is 9.02. The summed E-state index contributed by atoms with van der Waals surface area (Å²) >= 11 is 0.